The highest BCUT2D eigenvalue weighted by Crippen LogP contribution is 2.65. The minimum Gasteiger partial charge on any atom is -0.309 e. The zero-order valence-electron chi connectivity index (χ0n) is 38.1. The van der Waals surface area contributed by atoms with E-state index in [1.165, 1.54) is 105 Å². The molecule has 316 valence electrons. The van der Waals surface area contributed by atoms with E-state index < -0.39 is 5.41 Å². The molecular formula is C65H51N. The van der Waals surface area contributed by atoms with Crippen LogP contribution in [-0.2, 0) is 16.2 Å². The predicted molar refractivity (Wildman–Crippen MR) is 279 cm³/mol. The Morgan fingerprint density at radius 1 is 0.333 bits per heavy atom. The van der Waals surface area contributed by atoms with Gasteiger partial charge in [-0.05, 0) is 142 Å². The van der Waals surface area contributed by atoms with Gasteiger partial charge in [0.25, 0.3) is 0 Å². The van der Waals surface area contributed by atoms with Gasteiger partial charge in [0, 0.05) is 16.6 Å². The quantitative estimate of drug-likeness (QED) is 0.167. The topological polar surface area (TPSA) is 3.24 Å². The second kappa shape index (κ2) is 14.3. The lowest BCUT2D eigenvalue weighted by atomic mass is 9.61. The van der Waals surface area contributed by atoms with Crippen LogP contribution in [0.25, 0.3) is 66.1 Å². The molecule has 0 bridgehead atoms. The first kappa shape index (κ1) is 38.9. The summed E-state index contributed by atoms with van der Waals surface area (Å²) in [5, 5.41) is 4.95. The Kier molecular flexibility index (Phi) is 8.41. The molecule has 0 heterocycles. The minimum absolute atomic E-state index is 0.0232. The van der Waals surface area contributed by atoms with E-state index in [4.69, 9.17) is 0 Å². The number of hydrogen-bond acceptors (Lipinski definition) is 1. The maximum Gasteiger partial charge on any atom is 0.0726 e. The Morgan fingerprint density at radius 3 is 1.50 bits per heavy atom. The number of benzene rings is 10. The third-order valence-electron chi connectivity index (χ3n) is 15.7. The van der Waals surface area contributed by atoms with Crippen molar-refractivity contribution < 1.29 is 0 Å². The summed E-state index contributed by atoms with van der Waals surface area (Å²) in [5.74, 6) is 0. The molecule has 0 aliphatic heterocycles. The van der Waals surface area contributed by atoms with E-state index in [2.05, 4.69) is 245 Å². The van der Waals surface area contributed by atoms with E-state index >= 15 is 0 Å². The van der Waals surface area contributed by atoms with Crippen molar-refractivity contribution in [3.8, 4) is 44.5 Å². The Labute approximate surface area is 388 Å². The average Bonchev–Trinajstić information content (AvgIpc) is 3.82. The molecule has 0 saturated carbocycles. The van der Waals surface area contributed by atoms with Gasteiger partial charge >= 0.3 is 0 Å². The SMILES string of the molecule is CC1(C)CCC(C)(C)c2c(-c3cc4c(cc3N(c3ccc(-c5cccc6ccccc56)cc3)c3cccc5ccccc35)C3(c5ccccc5-c5ccccc53)c3ccccc3-4)cccc21. The molecule has 0 aromatic heterocycles. The summed E-state index contributed by atoms with van der Waals surface area (Å²) >= 11 is 0. The molecule has 10 aromatic rings. The van der Waals surface area contributed by atoms with Crippen molar-refractivity contribution >= 4 is 38.6 Å². The van der Waals surface area contributed by atoms with Crippen LogP contribution in [0, 0.1) is 0 Å². The Morgan fingerprint density at radius 2 is 0.818 bits per heavy atom. The zero-order valence-corrected chi connectivity index (χ0v) is 38.1. The first-order valence-electron chi connectivity index (χ1n) is 23.7. The molecule has 0 saturated heterocycles. The fraction of sp³-hybridized carbons (Fsp3) is 0.138. The van der Waals surface area contributed by atoms with Crippen LogP contribution >= 0.6 is 0 Å². The molecule has 3 aliphatic rings. The van der Waals surface area contributed by atoms with Gasteiger partial charge in [0.2, 0.25) is 0 Å². The molecule has 0 unspecified atom stereocenters. The van der Waals surface area contributed by atoms with E-state index in [0.29, 0.717) is 0 Å². The van der Waals surface area contributed by atoms with Gasteiger partial charge in [-0.2, -0.15) is 0 Å². The summed E-state index contributed by atoms with van der Waals surface area (Å²) in [6.07, 6.45) is 2.29. The monoisotopic (exact) mass is 845 g/mol. The normalized spacial score (nSPS) is 15.5. The Hall–Kier alpha value is -7.48. The van der Waals surface area contributed by atoms with E-state index in [-0.39, 0.29) is 10.8 Å². The number of hydrogen-bond donors (Lipinski definition) is 0. The van der Waals surface area contributed by atoms with Crippen LogP contribution in [0.5, 0.6) is 0 Å². The Bertz CT molecular complexity index is 3550. The second-order valence-corrected chi connectivity index (χ2v) is 20.2. The smallest absolute Gasteiger partial charge is 0.0726 e. The van der Waals surface area contributed by atoms with Crippen LogP contribution in [0.2, 0.25) is 0 Å². The Balaban J connectivity index is 1.16. The van der Waals surface area contributed by atoms with E-state index in [1.54, 1.807) is 0 Å². The van der Waals surface area contributed by atoms with Gasteiger partial charge in [-0.3, -0.25) is 0 Å². The molecule has 0 amide bonds. The predicted octanol–water partition coefficient (Wildman–Crippen LogP) is 17.5. The van der Waals surface area contributed by atoms with Crippen LogP contribution < -0.4 is 4.90 Å². The molecule has 3 aliphatic carbocycles. The van der Waals surface area contributed by atoms with Crippen molar-refractivity contribution in [1.29, 1.82) is 0 Å². The summed E-state index contributed by atoms with van der Waals surface area (Å²) in [5.41, 5.74) is 21.6. The van der Waals surface area contributed by atoms with Crippen molar-refractivity contribution in [2.45, 2.75) is 56.8 Å². The molecule has 13 rings (SSSR count). The molecule has 0 radical (unpaired) electrons. The highest BCUT2D eigenvalue weighted by atomic mass is 15.1. The largest absolute Gasteiger partial charge is 0.309 e. The highest BCUT2D eigenvalue weighted by molar-refractivity contribution is 6.05. The third-order valence-corrected chi connectivity index (χ3v) is 15.7. The summed E-state index contributed by atoms with van der Waals surface area (Å²) in [7, 11) is 0. The lowest BCUT2D eigenvalue weighted by molar-refractivity contribution is 0.333. The molecule has 10 aromatic carbocycles. The van der Waals surface area contributed by atoms with Crippen molar-refractivity contribution in [2.75, 3.05) is 4.90 Å². The summed E-state index contributed by atoms with van der Waals surface area (Å²) in [4.78, 5) is 2.59. The highest BCUT2D eigenvalue weighted by Gasteiger charge is 2.52. The fourth-order valence-corrected chi connectivity index (χ4v) is 12.6. The van der Waals surface area contributed by atoms with Crippen LogP contribution in [0.3, 0.4) is 0 Å². The minimum atomic E-state index is -0.494. The van der Waals surface area contributed by atoms with Crippen LogP contribution in [0.15, 0.2) is 212 Å². The number of fused-ring (bicyclic) bond motifs is 13. The fourth-order valence-electron chi connectivity index (χ4n) is 12.6. The van der Waals surface area contributed by atoms with Gasteiger partial charge in [-0.15, -0.1) is 0 Å². The summed E-state index contributed by atoms with van der Waals surface area (Å²) < 4.78 is 0. The molecule has 0 N–H and O–H groups in total. The van der Waals surface area contributed by atoms with Crippen LogP contribution in [-0.4, -0.2) is 0 Å². The lowest BCUT2D eigenvalue weighted by Crippen LogP contribution is -2.34. The molecule has 0 fully saturated rings. The number of rotatable bonds is 5. The van der Waals surface area contributed by atoms with Crippen LogP contribution in [0.4, 0.5) is 17.1 Å². The first-order chi connectivity index (χ1) is 32.2. The maximum absolute atomic E-state index is 2.62. The summed E-state index contributed by atoms with van der Waals surface area (Å²) in [6, 6.07) is 80.4. The lowest BCUT2D eigenvalue weighted by Gasteiger charge is -2.43. The van der Waals surface area contributed by atoms with Gasteiger partial charge in [0.15, 0.2) is 0 Å². The van der Waals surface area contributed by atoms with Gasteiger partial charge in [-0.25, -0.2) is 0 Å². The van der Waals surface area contributed by atoms with Gasteiger partial charge in [0.1, 0.15) is 0 Å². The van der Waals surface area contributed by atoms with E-state index in [0.717, 1.165) is 24.2 Å². The van der Waals surface area contributed by atoms with Crippen LogP contribution in [0.1, 0.15) is 73.9 Å². The molecule has 0 atom stereocenters. The average molecular weight is 846 g/mol. The maximum atomic E-state index is 2.62. The van der Waals surface area contributed by atoms with Crippen molar-refractivity contribution in [3.63, 3.8) is 0 Å². The molecule has 1 nitrogen and oxygen atoms in total. The third kappa shape index (κ3) is 5.47. The number of anilines is 3. The second-order valence-electron chi connectivity index (χ2n) is 20.2. The van der Waals surface area contributed by atoms with Gasteiger partial charge in [-0.1, -0.05) is 210 Å². The number of nitrogens with zero attached hydrogens (tertiary/aromatic N) is 1. The molecular weight excluding hydrogens is 795 g/mol. The molecule has 1 spiro atoms. The van der Waals surface area contributed by atoms with Crippen molar-refractivity contribution in [2.24, 2.45) is 0 Å². The van der Waals surface area contributed by atoms with Crippen molar-refractivity contribution in [1.82, 2.24) is 0 Å². The van der Waals surface area contributed by atoms with Gasteiger partial charge < -0.3 is 4.90 Å². The van der Waals surface area contributed by atoms with Gasteiger partial charge in [0.05, 0.1) is 16.8 Å². The first-order valence-corrected chi connectivity index (χ1v) is 23.7. The van der Waals surface area contributed by atoms with Crippen molar-refractivity contribution in [3.05, 3.63) is 246 Å². The van der Waals surface area contributed by atoms with E-state index in [1.807, 2.05) is 0 Å². The molecule has 66 heavy (non-hydrogen) atoms. The molecule has 1 heteroatoms. The zero-order chi connectivity index (χ0) is 44.4. The standard InChI is InChI=1S/C65H51N/c1-63(2)38-39-64(3,4)62-52(28-17-32-58(62)63)54-40-53-51-26-11-14-31-57(51)65(55-29-12-9-24-49(55)50-25-10-13-30-56(50)65)59(53)41-61(54)66(60-33-16-21-43-19-6-8-23-48(43)60)45-36-34-44(35-37-45)47-27-15-20-42-18-5-7-22-46(42)47/h5-37,40-41H,38-39H2,1-4H3. The van der Waals surface area contributed by atoms with E-state index in [9.17, 15) is 0 Å². The summed E-state index contributed by atoms with van der Waals surface area (Å²) in [6.45, 7) is 9.85.